The third-order valence-corrected chi connectivity index (χ3v) is 3.41. The molecular formula is C14H20FN3O. The molecule has 0 aromatic heterocycles. The third kappa shape index (κ3) is 3.23. The minimum absolute atomic E-state index is 0.0975. The molecule has 5 heteroatoms. The van der Waals surface area contributed by atoms with E-state index in [1.165, 1.54) is 11.0 Å². The van der Waals surface area contributed by atoms with Gasteiger partial charge in [0.2, 0.25) is 0 Å². The Balaban J connectivity index is 1.81. The number of nitrogens with one attached hydrogen (secondary N) is 2. The minimum atomic E-state index is -0.109. The first-order valence-electron chi connectivity index (χ1n) is 6.55. The molecule has 2 amide bonds. The molecule has 0 saturated carbocycles. The van der Waals surface area contributed by atoms with Crippen LogP contribution >= 0.6 is 0 Å². The maximum absolute atomic E-state index is 13.6. The predicted octanol–water partition coefficient (Wildman–Crippen LogP) is 1.67. The lowest BCUT2D eigenvalue weighted by Crippen LogP contribution is -2.38. The number of rotatable bonds is 4. The monoisotopic (exact) mass is 265 g/mol. The van der Waals surface area contributed by atoms with Gasteiger partial charge in [-0.2, -0.15) is 0 Å². The lowest BCUT2D eigenvalue weighted by molar-refractivity contribution is 0.217. The van der Waals surface area contributed by atoms with E-state index in [4.69, 9.17) is 0 Å². The van der Waals surface area contributed by atoms with Gasteiger partial charge in [0, 0.05) is 33.2 Å². The van der Waals surface area contributed by atoms with Crippen molar-refractivity contribution in [2.45, 2.75) is 18.9 Å². The van der Waals surface area contributed by atoms with Gasteiger partial charge < -0.3 is 15.5 Å². The molecule has 19 heavy (non-hydrogen) atoms. The molecule has 1 unspecified atom stereocenters. The zero-order valence-corrected chi connectivity index (χ0v) is 11.4. The summed E-state index contributed by atoms with van der Waals surface area (Å²) in [6, 6.07) is 5.34. The summed E-state index contributed by atoms with van der Waals surface area (Å²) in [5.74, 6) is -0.109. The van der Waals surface area contributed by atoms with Gasteiger partial charge in [0.05, 0.1) is 0 Å². The van der Waals surface area contributed by atoms with Crippen molar-refractivity contribution in [1.82, 2.24) is 15.5 Å². The molecule has 0 bridgehead atoms. The number of halogens is 1. The standard InChI is InChI=1S/C14H20FN3O/c1-18(2)14(19)17-9-8-16-13-7-6-10-11(13)4-3-5-12(10)15/h3-5,13,16H,6-9H2,1-2H3,(H,17,19). The molecule has 1 aliphatic rings. The van der Waals surface area contributed by atoms with Gasteiger partial charge in [0.15, 0.2) is 0 Å². The summed E-state index contributed by atoms with van der Waals surface area (Å²) in [6.07, 6.45) is 1.70. The molecule has 1 aromatic carbocycles. The molecule has 0 spiro atoms. The van der Waals surface area contributed by atoms with Crippen molar-refractivity contribution in [3.63, 3.8) is 0 Å². The fraction of sp³-hybridized carbons (Fsp3) is 0.500. The summed E-state index contributed by atoms with van der Waals surface area (Å²) >= 11 is 0. The minimum Gasteiger partial charge on any atom is -0.337 e. The smallest absolute Gasteiger partial charge is 0.316 e. The van der Waals surface area contributed by atoms with Crippen LogP contribution in [0.15, 0.2) is 18.2 Å². The molecule has 0 radical (unpaired) electrons. The number of carbonyl (C=O) groups is 1. The molecule has 2 N–H and O–H groups in total. The van der Waals surface area contributed by atoms with Crippen molar-refractivity contribution >= 4 is 6.03 Å². The summed E-state index contributed by atoms with van der Waals surface area (Å²) in [5.41, 5.74) is 1.89. The summed E-state index contributed by atoms with van der Waals surface area (Å²) in [6.45, 7) is 1.25. The highest BCUT2D eigenvalue weighted by atomic mass is 19.1. The van der Waals surface area contributed by atoms with Crippen molar-refractivity contribution in [2.75, 3.05) is 27.2 Å². The van der Waals surface area contributed by atoms with Gasteiger partial charge in [-0.1, -0.05) is 12.1 Å². The lowest BCUT2D eigenvalue weighted by Gasteiger charge is -2.16. The zero-order valence-electron chi connectivity index (χ0n) is 11.4. The quantitative estimate of drug-likeness (QED) is 0.813. The van der Waals surface area contributed by atoms with Crippen molar-refractivity contribution < 1.29 is 9.18 Å². The number of nitrogens with zero attached hydrogens (tertiary/aromatic N) is 1. The SMILES string of the molecule is CN(C)C(=O)NCCNC1CCc2c(F)cccc21. The van der Waals surface area contributed by atoms with Crippen LogP contribution in [0.2, 0.25) is 0 Å². The molecule has 1 aromatic rings. The van der Waals surface area contributed by atoms with Gasteiger partial charge in [0.25, 0.3) is 0 Å². The van der Waals surface area contributed by atoms with Gasteiger partial charge in [-0.15, -0.1) is 0 Å². The van der Waals surface area contributed by atoms with Gasteiger partial charge >= 0.3 is 6.03 Å². The van der Waals surface area contributed by atoms with Crippen molar-refractivity contribution in [2.24, 2.45) is 0 Å². The number of hydrogen-bond acceptors (Lipinski definition) is 2. The summed E-state index contributed by atoms with van der Waals surface area (Å²) in [4.78, 5) is 12.8. The molecule has 2 rings (SSSR count). The fourth-order valence-electron chi connectivity index (χ4n) is 2.40. The van der Waals surface area contributed by atoms with Gasteiger partial charge in [0.1, 0.15) is 5.82 Å². The largest absolute Gasteiger partial charge is 0.337 e. The van der Waals surface area contributed by atoms with Crippen LogP contribution in [-0.4, -0.2) is 38.1 Å². The van der Waals surface area contributed by atoms with E-state index in [-0.39, 0.29) is 17.9 Å². The molecule has 0 fully saturated rings. The first-order chi connectivity index (χ1) is 9.09. The topological polar surface area (TPSA) is 44.4 Å². The summed E-state index contributed by atoms with van der Waals surface area (Å²) in [5, 5.41) is 6.15. The Morgan fingerprint density at radius 3 is 2.95 bits per heavy atom. The number of carbonyl (C=O) groups excluding carboxylic acids is 1. The summed E-state index contributed by atoms with van der Waals surface area (Å²) in [7, 11) is 3.41. The Labute approximate surface area is 113 Å². The number of benzene rings is 1. The van der Waals surface area contributed by atoms with Crippen LogP contribution in [0.5, 0.6) is 0 Å². The second kappa shape index (κ2) is 6.02. The van der Waals surface area contributed by atoms with Crippen LogP contribution in [0.1, 0.15) is 23.6 Å². The highest BCUT2D eigenvalue weighted by Crippen LogP contribution is 2.32. The van der Waals surface area contributed by atoms with E-state index in [9.17, 15) is 9.18 Å². The van der Waals surface area contributed by atoms with Crippen molar-refractivity contribution in [3.05, 3.63) is 35.1 Å². The fourth-order valence-corrected chi connectivity index (χ4v) is 2.40. The predicted molar refractivity (Wildman–Crippen MR) is 72.6 cm³/mol. The molecule has 1 atom stereocenters. The van der Waals surface area contributed by atoms with Crippen LogP contribution < -0.4 is 10.6 Å². The van der Waals surface area contributed by atoms with Gasteiger partial charge in [-0.3, -0.25) is 0 Å². The second-order valence-corrected chi connectivity index (χ2v) is 4.98. The molecule has 0 heterocycles. The van der Waals surface area contributed by atoms with E-state index in [2.05, 4.69) is 10.6 Å². The van der Waals surface area contributed by atoms with Gasteiger partial charge in [-0.25, -0.2) is 9.18 Å². The first-order valence-corrected chi connectivity index (χ1v) is 6.55. The maximum Gasteiger partial charge on any atom is 0.316 e. The first kappa shape index (κ1) is 13.8. The zero-order chi connectivity index (χ0) is 13.8. The van der Waals surface area contributed by atoms with Crippen LogP contribution in [0, 0.1) is 5.82 Å². The average molecular weight is 265 g/mol. The molecule has 104 valence electrons. The van der Waals surface area contributed by atoms with Crippen molar-refractivity contribution in [1.29, 1.82) is 0 Å². The Hall–Kier alpha value is -1.62. The Morgan fingerprint density at radius 1 is 1.42 bits per heavy atom. The molecular weight excluding hydrogens is 245 g/mol. The number of hydrogen-bond donors (Lipinski definition) is 2. The maximum atomic E-state index is 13.6. The van der Waals surface area contributed by atoms with Crippen LogP contribution in [0.3, 0.4) is 0 Å². The highest BCUT2D eigenvalue weighted by molar-refractivity contribution is 5.73. The van der Waals surface area contributed by atoms with Crippen LogP contribution in [0.4, 0.5) is 9.18 Å². The van der Waals surface area contributed by atoms with E-state index in [1.54, 1.807) is 20.2 Å². The normalized spacial score (nSPS) is 17.1. The Kier molecular flexibility index (Phi) is 4.37. The van der Waals surface area contributed by atoms with E-state index < -0.39 is 0 Å². The van der Waals surface area contributed by atoms with Gasteiger partial charge in [-0.05, 0) is 30.0 Å². The molecule has 1 aliphatic carbocycles. The number of fused-ring (bicyclic) bond motifs is 1. The molecule has 4 nitrogen and oxygen atoms in total. The summed E-state index contributed by atoms with van der Waals surface area (Å²) < 4.78 is 13.6. The van der Waals surface area contributed by atoms with E-state index in [1.807, 2.05) is 6.07 Å². The van der Waals surface area contributed by atoms with Crippen LogP contribution in [0.25, 0.3) is 0 Å². The third-order valence-electron chi connectivity index (χ3n) is 3.41. The number of amides is 2. The Bertz CT molecular complexity index is 462. The molecule has 0 saturated heterocycles. The van der Waals surface area contributed by atoms with E-state index in [0.29, 0.717) is 13.1 Å². The van der Waals surface area contributed by atoms with E-state index >= 15 is 0 Å². The molecule has 0 aliphatic heterocycles. The second-order valence-electron chi connectivity index (χ2n) is 4.98. The Morgan fingerprint density at radius 2 is 2.21 bits per heavy atom. The van der Waals surface area contributed by atoms with E-state index in [0.717, 1.165) is 24.0 Å². The average Bonchev–Trinajstić information content (AvgIpc) is 2.79. The number of urea groups is 1. The lowest BCUT2D eigenvalue weighted by atomic mass is 10.1. The van der Waals surface area contributed by atoms with Crippen molar-refractivity contribution in [3.8, 4) is 0 Å². The van der Waals surface area contributed by atoms with Crippen LogP contribution in [-0.2, 0) is 6.42 Å². The highest BCUT2D eigenvalue weighted by Gasteiger charge is 2.23.